The molecule has 2 rings (SSSR count). The van der Waals surface area contributed by atoms with Crippen molar-refractivity contribution in [2.45, 2.75) is 12.7 Å². The van der Waals surface area contributed by atoms with Crippen molar-refractivity contribution in [1.82, 2.24) is 5.32 Å². The van der Waals surface area contributed by atoms with E-state index in [1.165, 1.54) is 11.3 Å². The second kappa shape index (κ2) is 6.23. The highest BCUT2D eigenvalue weighted by Crippen LogP contribution is 2.28. The lowest BCUT2D eigenvalue weighted by Gasteiger charge is -2.09. The summed E-state index contributed by atoms with van der Waals surface area (Å²) in [5.41, 5.74) is 2.93. The number of hydrogen-bond donors (Lipinski definition) is 1. The lowest BCUT2D eigenvalue weighted by atomic mass is 10.1. The molecule has 0 unspecified atom stereocenters. The molecule has 0 bridgehead atoms. The predicted octanol–water partition coefficient (Wildman–Crippen LogP) is 4.67. The monoisotopic (exact) mass is 397 g/mol. The number of rotatable bonds is 4. The van der Waals surface area contributed by atoms with Crippen LogP contribution in [0.2, 0.25) is 0 Å². The van der Waals surface area contributed by atoms with Gasteiger partial charge in [0.15, 0.2) is 0 Å². The van der Waals surface area contributed by atoms with Crippen molar-refractivity contribution >= 4 is 33.9 Å². The SMILES string of the molecule is FC(F)(F)CNCc1cscc1-c1ccc(I)cc1. The van der Waals surface area contributed by atoms with Crippen LogP contribution in [0.15, 0.2) is 35.0 Å². The van der Waals surface area contributed by atoms with Gasteiger partial charge in [0.1, 0.15) is 0 Å². The van der Waals surface area contributed by atoms with Crippen LogP contribution in [0.5, 0.6) is 0 Å². The maximum atomic E-state index is 12.1. The number of thiophene rings is 1. The van der Waals surface area contributed by atoms with Gasteiger partial charge in [-0.25, -0.2) is 0 Å². The van der Waals surface area contributed by atoms with Crippen LogP contribution < -0.4 is 5.32 Å². The van der Waals surface area contributed by atoms with Gasteiger partial charge >= 0.3 is 6.18 Å². The zero-order chi connectivity index (χ0) is 13.9. The minimum absolute atomic E-state index is 0.227. The highest BCUT2D eigenvalue weighted by molar-refractivity contribution is 14.1. The lowest BCUT2D eigenvalue weighted by Crippen LogP contribution is -2.28. The first-order valence-electron chi connectivity index (χ1n) is 5.54. The average Bonchev–Trinajstić information content (AvgIpc) is 2.77. The summed E-state index contributed by atoms with van der Waals surface area (Å²) in [5, 5.41) is 6.28. The second-order valence-corrected chi connectivity index (χ2v) is 6.03. The molecule has 0 saturated heterocycles. The Bertz CT molecular complexity index is 534. The van der Waals surface area contributed by atoms with E-state index in [-0.39, 0.29) is 6.54 Å². The lowest BCUT2D eigenvalue weighted by molar-refractivity contribution is -0.125. The molecule has 1 aromatic carbocycles. The second-order valence-electron chi connectivity index (χ2n) is 4.04. The molecular formula is C13H11F3INS. The summed E-state index contributed by atoms with van der Waals surface area (Å²) < 4.78 is 37.4. The average molecular weight is 397 g/mol. The van der Waals surface area contributed by atoms with Gasteiger partial charge in [-0.2, -0.15) is 24.5 Å². The first-order chi connectivity index (χ1) is 8.96. The normalized spacial score (nSPS) is 11.8. The molecule has 1 heterocycles. The fraction of sp³-hybridized carbons (Fsp3) is 0.231. The third-order valence-corrected chi connectivity index (χ3v) is 4.05. The van der Waals surface area contributed by atoms with Crippen LogP contribution in [-0.2, 0) is 6.54 Å². The zero-order valence-corrected chi connectivity index (χ0v) is 12.8. The van der Waals surface area contributed by atoms with Gasteiger partial charge in [0.25, 0.3) is 0 Å². The molecule has 0 amide bonds. The van der Waals surface area contributed by atoms with Crippen LogP contribution in [0.3, 0.4) is 0 Å². The number of benzene rings is 1. The maximum absolute atomic E-state index is 12.1. The molecule has 0 aliphatic heterocycles. The van der Waals surface area contributed by atoms with Crippen LogP contribution in [0.4, 0.5) is 13.2 Å². The molecule has 1 aromatic heterocycles. The van der Waals surface area contributed by atoms with Crippen LogP contribution in [-0.4, -0.2) is 12.7 Å². The molecular weight excluding hydrogens is 386 g/mol. The third-order valence-electron chi connectivity index (χ3n) is 2.54. The molecule has 0 aliphatic rings. The van der Waals surface area contributed by atoms with Crippen molar-refractivity contribution in [2.75, 3.05) is 6.54 Å². The molecule has 102 valence electrons. The standard InChI is InChI=1S/C13H11F3INS/c14-13(15,16)8-18-5-10-6-19-7-12(10)9-1-3-11(17)4-2-9/h1-4,6-7,18H,5,8H2. The summed E-state index contributed by atoms with van der Waals surface area (Å²) in [4.78, 5) is 0. The topological polar surface area (TPSA) is 12.0 Å². The maximum Gasteiger partial charge on any atom is 0.401 e. The first-order valence-corrected chi connectivity index (χ1v) is 7.56. The van der Waals surface area contributed by atoms with Crippen molar-refractivity contribution in [3.05, 3.63) is 44.2 Å². The van der Waals surface area contributed by atoms with E-state index in [9.17, 15) is 13.2 Å². The molecule has 0 spiro atoms. The van der Waals surface area contributed by atoms with Gasteiger partial charge < -0.3 is 5.32 Å². The minimum atomic E-state index is -4.17. The molecule has 6 heteroatoms. The van der Waals surface area contributed by atoms with Crippen molar-refractivity contribution in [3.8, 4) is 11.1 Å². The van der Waals surface area contributed by atoms with E-state index in [0.717, 1.165) is 20.3 Å². The van der Waals surface area contributed by atoms with Crippen molar-refractivity contribution < 1.29 is 13.2 Å². The summed E-state index contributed by atoms with van der Waals surface area (Å²) in [6, 6.07) is 7.94. The van der Waals surface area contributed by atoms with Crippen molar-refractivity contribution in [2.24, 2.45) is 0 Å². The van der Waals surface area contributed by atoms with Crippen LogP contribution >= 0.6 is 33.9 Å². The van der Waals surface area contributed by atoms with Gasteiger partial charge in [0.05, 0.1) is 6.54 Å². The number of hydrogen-bond acceptors (Lipinski definition) is 2. The zero-order valence-electron chi connectivity index (χ0n) is 9.80. The van der Waals surface area contributed by atoms with Gasteiger partial charge in [-0.1, -0.05) is 12.1 Å². The molecule has 0 saturated carbocycles. The quantitative estimate of drug-likeness (QED) is 0.740. The van der Waals surface area contributed by atoms with Crippen LogP contribution in [0, 0.1) is 3.57 Å². The summed E-state index contributed by atoms with van der Waals surface area (Å²) in [6.07, 6.45) is -4.17. The largest absolute Gasteiger partial charge is 0.401 e. The summed E-state index contributed by atoms with van der Waals surface area (Å²) in [7, 11) is 0. The smallest absolute Gasteiger partial charge is 0.305 e. The van der Waals surface area contributed by atoms with Crippen molar-refractivity contribution in [3.63, 3.8) is 0 Å². The molecule has 19 heavy (non-hydrogen) atoms. The summed E-state index contributed by atoms with van der Waals surface area (Å²) in [6.45, 7) is -0.737. The highest BCUT2D eigenvalue weighted by Gasteiger charge is 2.26. The van der Waals surface area contributed by atoms with Crippen LogP contribution in [0.25, 0.3) is 11.1 Å². The Balaban J connectivity index is 2.07. The van der Waals surface area contributed by atoms with Crippen LogP contribution in [0.1, 0.15) is 5.56 Å². The van der Waals surface area contributed by atoms with Gasteiger partial charge in [0.2, 0.25) is 0 Å². The Morgan fingerprint density at radius 3 is 2.42 bits per heavy atom. The minimum Gasteiger partial charge on any atom is -0.305 e. The van der Waals surface area contributed by atoms with E-state index < -0.39 is 12.7 Å². The summed E-state index contributed by atoms with van der Waals surface area (Å²) >= 11 is 3.72. The molecule has 0 radical (unpaired) electrons. The fourth-order valence-electron chi connectivity index (χ4n) is 1.68. The van der Waals surface area contributed by atoms with Gasteiger partial charge in [-0.15, -0.1) is 0 Å². The first kappa shape index (κ1) is 14.8. The predicted molar refractivity (Wildman–Crippen MR) is 80.2 cm³/mol. The Morgan fingerprint density at radius 2 is 1.79 bits per heavy atom. The molecule has 0 atom stereocenters. The number of halogens is 4. The molecule has 2 aromatic rings. The third kappa shape index (κ3) is 4.47. The molecule has 1 N–H and O–H groups in total. The Hall–Kier alpha value is -0.600. The van der Waals surface area contributed by atoms with E-state index in [0.29, 0.717) is 0 Å². The van der Waals surface area contributed by atoms with E-state index in [4.69, 9.17) is 0 Å². The Kier molecular flexibility index (Phi) is 4.86. The molecule has 0 fully saturated rings. The van der Waals surface area contributed by atoms with Gasteiger partial charge in [-0.3, -0.25) is 0 Å². The van der Waals surface area contributed by atoms with E-state index in [1.807, 2.05) is 35.0 Å². The Labute approximate surface area is 127 Å². The molecule has 1 nitrogen and oxygen atoms in total. The molecule has 0 aliphatic carbocycles. The summed E-state index contributed by atoms with van der Waals surface area (Å²) in [5.74, 6) is 0. The number of alkyl halides is 3. The number of nitrogens with one attached hydrogen (secondary N) is 1. The van der Waals surface area contributed by atoms with E-state index >= 15 is 0 Å². The fourth-order valence-corrected chi connectivity index (χ4v) is 2.91. The Morgan fingerprint density at radius 1 is 1.11 bits per heavy atom. The van der Waals surface area contributed by atoms with E-state index in [1.54, 1.807) is 0 Å². The van der Waals surface area contributed by atoms with E-state index in [2.05, 4.69) is 27.9 Å². The van der Waals surface area contributed by atoms with Gasteiger partial charge in [-0.05, 0) is 62.2 Å². The van der Waals surface area contributed by atoms with Gasteiger partial charge in [0, 0.05) is 10.1 Å². The highest BCUT2D eigenvalue weighted by atomic mass is 127. The van der Waals surface area contributed by atoms with Crippen molar-refractivity contribution in [1.29, 1.82) is 0 Å².